The summed E-state index contributed by atoms with van der Waals surface area (Å²) in [6.07, 6.45) is 0. The molecule has 0 spiro atoms. The first kappa shape index (κ1) is 19.5. The Kier molecular flexibility index (Phi) is 6.30. The molecule has 1 amide bonds. The second-order valence-corrected chi connectivity index (χ2v) is 7.62. The van der Waals surface area contributed by atoms with Gasteiger partial charge in [0.1, 0.15) is 11.5 Å². The Bertz CT molecular complexity index is 590. The van der Waals surface area contributed by atoms with E-state index in [2.05, 4.69) is 4.90 Å². The summed E-state index contributed by atoms with van der Waals surface area (Å²) in [5, 5.41) is 0. The smallest absolute Gasteiger partial charge is 0.240 e. The van der Waals surface area contributed by atoms with Crippen LogP contribution in [0.4, 0.5) is 0 Å². The highest BCUT2D eigenvalue weighted by atomic mass is 16.5. The van der Waals surface area contributed by atoms with Gasteiger partial charge in [0.05, 0.1) is 20.3 Å². The number of carbonyl (C=O) groups is 1. The van der Waals surface area contributed by atoms with Gasteiger partial charge >= 0.3 is 0 Å². The zero-order chi connectivity index (χ0) is 18.6. The van der Waals surface area contributed by atoms with Crippen molar-refractivity contribution in [2.45, 2.75) is 33.4 Å². The number of rotatable bonds is 5. The number of hydrogen-bond acceptors (Lipinski definition) is 5. The minimum Gasteiger partial charge on any atom is -0.497 e. The van der Waals surface area contributed by atoms with Crippen molar-refractivity contribution in [2.24, 2.45) is 11.1 Å². The lowest BCUT2D eigenvalue weighted by atomic mass is 9.86. The van der Waals surface area contributed by atoms with E-state index in [1.54, 1.807) is 14.2 Å². The second-order valence-electron chi connectivity index (χ2n) is 7.62. The molecule has 1 heterocycles. The van der Waals surface area contributed by atoms with Crippen LogP contribution in [0.1, 0.15) is 26.3 Å². The molecular weight excluding hydrogens is 318 g/mol. The normalized spacial score (nSPS) is 17.3. The highest BCUT2D eigenvalue weighted by Crippen LogP contribution is 2.26. The van der Waals surface area contributed by atoms with E-state index in [1.807, 2.05) is 43.9 Å². The molecule has 1 atom stereocenters. The van der Waals surface area contributed by atoms with Gasteiger partial charge in [0.2, 0.25) is 5.91 Å². The number of amides is 1. The number of nitrogens with two attached hydrogens (primary N) is 1. The largest absolute Gasteiger partial charge is 0.497 e. The first-order chi connectivity index (χ1) is 11.8. The first-order valence-corrected chi connectivity index (χ1v) is 8.74. The van der Waals surface area contributed by atoms with E-state index >= 15 is 0 Å². The van der Waals surface area contributed by atoms with Crippen molar-refractivity contribution in [2.75, 3.05) is 40.4 Å². The molecular formula is C19H31N3O3. The molecule has 0 unspecified atom stereocenters. The van der Waals surface area contributed by atoms with Crippen LogP contribution in [0.15, 0.2) is 18.2 Å². The van der Waals surface area contributed by atoms with Gasteiger partial charge in [0, 0.05) is 38.3 Å². The van der Waals surface area contributed by atoms with E-state index in [4.69, 9.17) is 15.2 Å². The van der Waals surface area contributed by atoms with E-state index in [0.717, 1.165) is 36.7 Å². The second kappa shape index (κ2) is 8.06. The number of carbonyl (C=O) groups excluding carboxylic acids is 1. The number of nitrogens with zero attached hydrogens (tertiary/aromatic N) is 2. The Morgan fingerprint density at radius 3 is 2.32 bits per heavy atom. The van der Waals surface area contributed by atoms with Crippen molar-refractivity contribution in [3.05, 3.63) is 23.8 Å². The third-order valence-electron chi connectivity index (χ3n) is 4.76. The maximum Gasteiger partial charge on any atom is 0.240 e. The van der Waals surface area contributed by atoms with Gasteiger partial charge in [-0.2, -0.15) is 0 Å². The monoisotopic (exact) mass is 349 g/mol. The third kappa shape index (κ3) is 4.86. The number of piperazine rings is 1. The van der Waals surface area contributed by atoms with Crippen LogP contribution < -0.4 is 15.2 Å². The molecule has 1 aromatic carbocycles. The summed E-state index contributed by atoms with van der Waals surface area (Å²) in [5.74, 6) is 1.72. The highest BCUT2D eigenvalue weighted by Gasteiger charge is 2.32. The summed E-state index contributed by atoms with van der Waals surface area (Å²) in [7, 11) is 3.34. The van der Waals surface area contributed by atoms with Crippen molar-refractivity contribution >= 4 is 5.91 Å². The molecule has 2 N–H and O–H groups in total. The average molecular weight is 349 g/mol. The molecule has 1 aliphatic rings. The summed E-state index contributed by atoms with van der Waals surface area (Å²) in [4.78, 5) is 16.7. The Balaban J connectivity index is 1.96. The van der Waals surface area contributed by atoms with E-state index in [9.17, 15) is 4.79 Å². The van der Waals surface area contributed by atoms with Gasteiger partial charge in [0.25, 0.3) is 0 Å². The van der Waals surface area contributed by atoms with Crippen LogP contribution in [0.3, 0.4) is 0 Å². The Hall–Kier alpha value is -1.79. The third-order valence-corrected chi connectivity index (χ3v) is 4.76. The molecule has 140 valence electrons. The molecule has 6 nitrogen and oxygen atoms in total. The maximum atomic E-state index is 12.5. The van der Waals surface area contributed by atoms with Crippen LogP contribution in [0.5, 0.6) is 11.5 Å². The molecule has 1 fully saturated rings. The SMILES string of the molecule is COc1ccc(OC)c(CN2CCN(C(=O)[C@@H](N)C(C)(C)C)CC2)c1. The number of benzene rings is 1. The summed E-state index contributed by atoms with van der Waals surface area (Å²) < 4.78 is 10.8. The molecule has 1 aromatic rings. The first-order valence-electron chi connectivity index (χ1n) is 8.74. The van der Waals surface area contributed by atoms with Crippen LogP contribution in [0.2, 0.25) is 0 Å². The molecule has 0 aliphatic carbocycles. The van der Waals surface area contributed by atoms with Gasteiger partial charge in [-0.25, -0.2) is 0 Å². The van der Waals surface area contributed by atoms with Gasteiger partial charge in [-0.05, 0) is 23.6 Å². The zero-order valence-corrected chi connectivity index (χ0v) is 16.0. The van der Waals surface area contributed by atoms with Crippen LogP contribution in [0.25, 0.3) is 0 Å². The standard InChI is InChI=1S/C19H31N3O3/c1-19(2,3)17(20)18(23)22-10-8-21(9-11-22)13-14-12-15(24-4)6-7-16(14)25-5/h6-7,12,17H,8-11,13,20H2,1-5H3/t17-/m1/s1. The molecule has 0 saturated carbocycles. The van der Waals surface area contributed by atoms with E-state index < -0.39 is 6.04 Å². The molecule has 1 aliphatic heterocycles. The molecule has 0 bridgehead atoms. The fourth-order valence-corrected chi connectivity index (χ4v) is 2.94. The Labute approximate surface area is 150 Å². The van der Waals surface area contributed by atoms with Crippen molar-refractivity contribution in [1.82, 2.24) is 9.80 Å². The minimum atomic E-state index is -0.461. The lowest BCUT2D eigenvalue weighted by molar-refractivity contribution is -0.136. The lowest BCUT2D eigenvalue weighted by Crippen LogP contribution is -2.56. The topological polar surface area (TPSA) is 68.0 Å². The molecule has 1 saturated heterocycles. The Morgan fingerprint density at radius 1 is 1.16 bits per heavy atom. The van der Waals surface area contributed by atoms with E-state index in [-0.39, 0.29) is 11.3 Å². The molecule has 6 heteroatoms. The van der Waals surface area contributed by atoms with Gasteiger partial charge in [-0.1, -0.05) is 20.8 Å². The van der Waals surface area contributed by atoms with Gasteiger partial charge < -0.3 is 20.1 Å². The number of ether oxygens (including phenoxy) is 2. The van der Waals surface area contributed by atoms with Crippen LogP contribution >= 0.6 is 0 Å². The molecule has 0 aromatic heterocycles. The number of hydrogen-bond donors (Lipinski definition) is 1. The summed E-state index contributed by atoms with van der Waals surface area (Å²) in [6, 6.07) is 5.37. The zero-order valence-electron chi connectivity index (χ0n) is 16.0. The van der Waals surface area contributed by atoms with Gasteiger partial charge in [0.15, 0.2) is 0 Å². The molecule has 25 heavy (non-hydrogen) atoms. The van der Waals surface area contributed by atoms with Crippen LogP contribution in [0, 0.1) is 5.41 Å². The van der Waals surface area contributed by atoms with Crippen LogP contribution in [-0.4, -0.2) is 62.1 Å². The Morgan fingerprint density at radius 2 is 1.80 bits per heavy atom. The highest BCUT2D eigenvalue weighted by molar-refractivity contribution is 5.82. The van der Waals surface area contributed by atoms with Crippen molar-refractivity contribution in [1.29, 1.82) is 0 Å². The summed E-state index contributed by atoms with van der Waals surface area (Å²) in [6.45, 7) is 9.83. The predicted octanol–water partition coefficient (Wildman–Crippen LogP) is 1.72. The van der Waals surface area contributed by atoms with Gasteiger partial charge in [-0.15, -0.1) is 0 Å². The minimum absolute atomic E-state index is 0.0473. The molecule has 0 radical (unpaired) electrons. The number of methoxy groups -OCH3 is 2. The van der Waals surface area contributed by atoms with Crippen molar-refractivity contribution in [3.63, 3.8) is 0 Å². The summed E-state index contributed by atoms with van der Waals surface area (Å²) >= 11 is 0. The van der Waals surface area contributed by atoms with Gasteiger partial charge in [-0.3, -0.25) is 9.69 Å². The van der Waals surface area contributed by atoms with Crippen molar-refractivity contribution < 1.29 is 14.3 Å². The summed E-state index contributed by atoms with van der Waals surface area (Å²) in [5.41, 5.74) is 6.99. The van der Waals surface area contributed by atoms with E-state index in [1.165, 1.54) is 0 Å². The van der Waals surface area contributed by atoms with Crippen molar-refractivity contribution in [3.8, 4) is 11.5 Å². The molecule has 2 rings (SSSR count). The average Bonchev–Trinajstić information content (AvgIpc) is 2.60. The fraction of sp³-hybridized carbons (Fsp3) is 0.632. The fourth-order valence-electron chi connectivity index (χ4n) is 2.94. The van der Waals surface area contributed by atoms with E-state index in [0.29, 0.717) is 13.1 Å². The predicted molar refractivity (Wildman–Crippen MR) is 98.8 cm³/mol. The quantitative estimate of drug-likeness (QED) is 0.877. The lowest BCUT2D eigenvalue weighted by Gasteiger charge is -2.38. The maximum absolute atomic E-state index is 12.5. The van der Waals surface area contributed by atoms with Crippen LogP contribution in [-0.2, 0) is 11.3 Å².